The molecule has 48 heavy (non-hydrogen) atoms. The number of para-hydroxylation sites is 4. The summed E-state index contributed by atoms with van der Waals surface area (Å²) in [6, 6.07) is 54.4. The second-order valence-electron chi connectivity index (χ2n) is 12.0. The fraction of sp³-hybridized carbons (Fsp3) is 0. The lowest BCUT2D eigenvalue weighted by Gasteiger charge is -2.11. The van der Waals surface area contributed by atoms with E-state index in [1.54, 1.807) is 0 Å². The van der Waals surface area contributed by atoms with Gasteiger partial charge in [-0.05, 0) is 40.6 Å². The lowest BCUT2D eigenvalue weighted by molar-refractivity contribution is 0.670. The van der Waals surface area contributed by atoms with Crippen LogP contribution in [0.25, 0.3) is 94.4 Å². The van der Waals surface area contributed by atoms with Gasteiger partial charge in [0, 0.05) is 32.7 Å². The number of nitrogens with zero attached hydrogens (tertiary/aromatic N) is 4. The van der Waals surface area contributed by atoms with Gasteiger partial charge in [0.15, 0.2) is 11.6 Å². The molecule has 0 radical (unpaired) electrons. The second kappa shape index (κ2) is 10.5. The van der Waals surface area contributed by atoms with Crippen molar-refractivity contribution < 1.29 is 4.42 Å². The van der Waals surface area contributed by atoms with E-state index in [4.69, 9.17) is 19.4 Å². The molecule has 224 valence electrons. The Morgan fingerprint density at radius 3 is 1.73 bits per heavy atom. The number of hydrogen-bond donors (Lipinski definition) is 0. The molecule has 0 N–H and O–H groups in total. The average Bonchev–Trinajstić information content (AvgIpc) is 3.71. The number of furan rings is 1. The Kier molecular flexibility index (Phi) is 5.81. The molecule has 0 saturated carbocycles. The molecule has 0 bridgehead atoms. The third-order valence-corrected chi connectivity index (χ3v) is 9.26. The van der Waals surface area contributed by atoms with Crippen molar-refractivity contribution >= 4 is 54.5 Å². The Morgan fingerprint density at radius 2 is 0.979 bits per heavy atom. The number of rotatable bonds is 4. The van der Waals surface area contributed by atoms with Crippen molar-refractivity contribution in [3.8, 4) is 39.9 Å². The molecular weight excluding hydrogens is 589 g/mol. The van der Waals surface area contributed by atoms with E-state index in [2.05, 4.69) is 126 Å². The highest BCUT2D eigenvalue weighted by atomic mass is 16.3. The van der Waals surface area contributed by atoms with Crippen LogP contribution in [0, 0.1) is 0 Å². The number of fused-ring (bicyclic) bond motifs is 7. The van der Waals surface area contributed by atoms with Crippen LogP contribution in [0.4, 0.5) is 0 Å². The molecule has 7 aromatic carbocycles. The minimum atomic E-state index is 0.553. The highest BCUT2D eigenvalue weighted by Crippen LogP contribution is 2.40. The van der Waals surface area contributed by atoms with Gasteiger partial charge >= 0.3 is 0 Å². The molecule has 0 amide bonds. The molecule has 0 aliphatic heterocycles. The predicted molar refractivity (Wildman–Crippen MR) is 195 cm³/mol. The van der Waals surface area contributed by atoms with Gasteiger partial charge in [-0.3, -0.25) is 4.57 Å². The molecule has 0 spiro atoms. The molecule has 5 heteroatoms. The lowest BCUT2D eigenvalue weighted by atomic mass is 9.99. The first-order valence-electron chi connectivity index (χ1n) is 16.0. The highest BCUT2D eigenvalue weighted by Gasteiger charge is 2.21. The molecule has 0 unspecified atom stereocenters. The zero-order chi connectivity index (χ0) is 31.6. The highest BCUT2D eigenvalue weighted by molar-refractivity contribution is 6.13. The summed E-state index contributed by atoms with van der Waals surface area (Å²) in [5.41, 5.74) is 7.56. The third kappa shape index (κ3) is 4.08. The first-order chi connectivity index (χ1) is 23.8. The molecule has 10 aromatic rings. The van der Waals surface area contributed by atoms with Crippen molar-refractivity contribution in [2.45, 2.75) is 0 Å². The Morgan fingerprint density at radius 1 is 0.396 bits per heavy atom. The molecular formula is C43H26N4O. The summed E-state index contributed by atoms with van der Waals surface area (Å²) in [5.74, 6) is 1.71. The standard InChI is InChI=1S/C43H26N4O/c1-2-13-28(14-3-1)41-44-42(46-43(45-41)47-37-22-8-6-16-32(37)33-17-7-9-23-38(33)47)36-21-11-20-35-34-19-10-18-31(39(34)48-40(35)36)30-25-24-27-12-4-5-15-29(27)26-30/h1-26H. The first-order valence-corrected chi connectivity index (χ1v) is 16.0. The fourth-order valence-corrected chi connectivity index (χ4v) is 7.02. The van der Waals surface area contributed by atoms with Crippen LogP contribution in [0.1, 0.15) is 0 Å². The topological polar surface area (TPSA) is 56.7 Å². The summed E-state index contributed by atoms with van der Waals surface area (Å²) >= 11 is 0. The van der Waals surface area contributed by atoms with Crippen LogP contribution in [-0.4, -0.2) is 19.5 Å². The van der Waals surface area contributed by atoms with Crippen LogP contribution < -0.4 is 0 Å². The Balaban J connectivity index is 1.23. The fourth-order valence-electron chi connectivity index (χ4n) is 7.02. The quantitative estimate of drug-likeness (QED) is 0.198. The van der Waals surface area contributed by atoms with Gasteiger partial charge in [0.05, 0.1) is 16.6 Å². The van der Waals surface area contributed by atoms with Gasteiger partial charge in [0.25, 0.3) is 0 Å². The zero-order valence-corrected chi connectivity index (χ0v) is 25.7. The van der Waals surface area contributed by atoms with Crippen LogP contribution in [0.3, 0.4) is 0 Å². The molecule has 10 rings (SSSR count). The van der Waals surface area contributed by atoms with Crippen LogP contribution in [-0.2, 0) is 0 Å². The van der Waals surface area contributed by atoms with Crippen LogP contribution in [0.2, 0.25) is 0 Å². The van der Waals surface area contributed by atoms with Gasteiger partial charge in [0.2, 0.25) is 5.95 Å². The van der Waals surface area contributed by atoms with Crippen molar-refractivity contribution in [3.05, 3.63) is 158 Å². The van der Waals surface area contributed by atoms with Crippen LogP contribution >= 0.6 is 0 Å². The van der Waals surface area contributed by atoms with Crippen molar-refractivity contribution in [2.75, 3.05) is 0 Å². The summed E-state index contributed by atoms with van der Waals surface area (Å²) < 4.78 is 8.98. The van der Waals surface area contributed by atoms with E-state index in [-0.39, 0.29) is 0 Å². The summed E-state index contributed by atoms with van der Waals surface area (Å²) in [4.78, 5) is 15.4. The third-order valence-electron chi connectivity index (χ3n) is 9.26. The Bertz CT molecular complexity index is 2800. The molecule has 0 aliphatic carbocycles. The summed E-state index contributed by atoms with van der Waals surface area (Å²) in [6.07, 6.45) is 0. The van der Waals surface area contributed by atoms with E-state index in [0.29, 0.717) is 17.6 Å². The number of benzene rings is 7. The molecule has 0 fully saturated rings. The maximum atomic E-state index is 6.85. The maximum Gasteiger partial charge on any atom is 0.238 e. The van der Waals surface area contributed by atoms with Crippen molar-refractivity contribution in [3.63, 3.8) is 0 Å². The smallest absolute Gasteiger partial charge is 0.238 e. The molecule has 0 saturated heterocycles. The molecule has 3 aromatic heterocycles. The van der Waals surface area contributed by atoms with Crippen molar-refractivity contribution in [2.24, 2.45) is 0 Å². The zero-order valence-electron chi connectivity index (χ0n) is 25.7. The van der Waals surface area contributed by atoms with Gasteiger partial charge in [-0.25, -0.2) is 4.98 Å². The van der Waals surface area contributed by atoms with E-state index in [9.17, 15) is 0 Å². The van der Waals surface area contributed by atoms with Crippen LogP contribution in [0.15, 0.2) is 162 Å². The summed E-state index contributed by atoms with van der Waals surface area (Å²) in [7, 11) is 0. The SMILES string of the molecule is c1ccc(-c2nc(-c3cccc4c3oc3c(-c5ccc6ccccc6c5)cccc34)nc(-n3c4ccccc4c4ccccc43)n2)cc1. The van der Waals surface area contributed by atoms with Gasteiger partial charge in [0.1, 0.15) is 11.2 Å². The lowest BCUT2D eigenvalue weighted by Crippen LogP contribution is -2.06. The van der Waals surface area contributed by atoms with Gasteiger partial charge in [-0.15, -0.1) is 0 Å². The van der Waals surface area contributed by atoms with Crippen LogP contribution in [0.5, 0.6) is 0 Å². The monoisotopic (exact) mass is 614 g/mol. The first kappa shape index (κ1) is 26.6. The van der Waals surface area contributed by atoms with E-state index >= 15 is 0 Å². The Hall–Kier alpha value is -6.59. The minimum absolute atomic E-state index is 0.553. The molecule has 5 nitrogen and oxygen atoms in total. The van der Waals surface area contributed by atoms with Gasteiger partial charge < -0.3 is 4.42 Å². The van der Waals surface area contributed by atoms with E-state index in [1.807, 2.05) is 36.4 Å². The normalized spacial score (nSPS) is 11.8. The van der Waals surface area contributed by atoms with Crippen molar-refractivity contribution in [1.82, 2.24) is 19.5 Å². The predicted octanol–water partition coefficient (Wildman–Crippen LogP) is 11.0. The van der Waals surface area contributed by atoms with E-state index in [0.717, 1.165) is 66.0 Å². The largest absolute Gasteiger partial charge is 0.455 e. The molecule has 0 atom stereocenters. The van der Waals surface area contributed by atoms with Gasteiger partial charge in [-0.2, -0.15) is 9.97 Å². The summed E-state index contributed by atoms with van der Waals surface area (Å²) in [6.45, 7) is 0. The van der Waals surface area contributed by atoms with E-state index in [1.165, 1.54) is 10.8 Å². The number of hydrogen-bond acceptors (Lipinski definition) is 4. The minimum Gasteiger partial charge on any atom is -0.455 e. The average molecular weight is 615 g/mol. The Labute approximate surface area is 275 Å². The van der Waals surface area contributed by atoms with Crippen molar-refractivity contribution in [1.29, 1.82) is 0 Å². The second-order valence-corrected chi connectivity index (χ2v) is 12.0. The van der Waals surface area contributed by atoms with E-state index < -0.39 is 0 Å². The van der Waals surface area contributed by atoms with Gasteiger partial charge in [-0.1, -0.05) is 133 Å². The number of aromatic nitrogens is 4. The maximum absolute atomic E-state index is 6.85. The molecule has 0 aliphatic rings. The summed E-state index contributed by atoms with van der Waals surface area (Å²) in [5, 5.41) is 6.78. The molecule has 3 heterocycles.